The monoisotopic (exact) mass is 355 g/mol. The average Bonchev–Trinajstić information content (AvgIpc) is 2.46. The minimum absolute atomic E-state index is 0.0767. The first-order valence-electron chi connectivity index (χ1n) is 6.49. The molecule has 0 aliphatic heterocycles. The Kier molecular flexibility index (Phi) is 5.31. The number of hydrogen-bond donors (Lipinski definition) is 1. The summed E-state index contributed by atoms with van der Waals surface area (Å²) in [5, 5.41) is 3.15. The van der Waals surface area contributed by atoms with E-state index in [1.807, 2.05) is 13.1 Å². The molecule has 0 fully saturated rings. The summed E-state index contributed by atoms with van der Waals surface area (Å²) in [4.78, 5) is 0. The fraction of sp³-hybridized carbons (Fsp3) is 0.250. The van der Waals surface area contributed by atoms with Gasteiger partial charge in [0.15, 0.2) is 11.6 Å². The maximum absolute atomic E-state index is 13.8. The summed E-state index contributed by atoms with van der Waals surface area (Å²) in [6.45, 7) is 0. The second-order valence-corrected chi connectivity index (χ2v) is 5.53. The van der Waals surface area contributed by atoms with Crippen LogP contribution in [0.2, 0.25) is 0 Å². The van der Waals surface area contributed by atoms with Gasteiger partial charge in [-0.3, -0.25) is 0 Å². The van der Waals surface area contributed by atoms with Crippen LogP contribution in [0.15, 0.2) is 40.9 Å². The average molecular weight is 356 g/mol. The molecule has 2 aromatic carbocycles. The van der Waals surface area contributed by atoms with Gasteiger partial charge >= 0.3 is 0 Å². The van der Waals surface area contributed by atoms with Crippen molar-refractivity contribution in [2.45, 2.75) is 12.5 Å². The number of benzene rings is 2. The number of ether oxygens (including phenoxy) is 1. The van der Waals surface area contributed by atoms with Crippen molar-refractivity contribution in [1.29, 1.82) is 0 Å². The van der Waals surface area contributed by atoms with Crippen LogP contribution in [0.3, 0.4) is 0 Å². The summed E-state index contributed by atoms with van der Waals surface area (Å²) in [6, 6.07) is 9.38. The predicted octanol–water partition coefficient (Wildman–Crippen LogP) is 4.24. The predicted molar refractivity (Wildman–Crippen MR) is 82.6 cm³/mol. The van der Waals surface area contributed by atoms with Crippen LogP contribution >= 0.6 is 15.9 Å². The number of rotatable bonds is 5. The van der Waals surface area contributed by atoms with Crippen LogP contribution in [0.1, 0.15) is 17.2 Å². The molecule has 0 aliphatic carbocycles. The normalized spacial score (nSPS) is 12.2. The van der Waals surface area contributed by atoms with Gasteiger partial charge in [0.25, 0.3) is 0 Å². The highest BCUT2D eigenvalue weighted by atomic mass is 79.9. The molecule has 0 aromatic heterocycles. The Bertz CT molecular complexity index is 634. The van der Waals surface area contributed by atoms with E-state index in [1.165, 1.54) is 25.3 Å². The molecule has 1 N–H and O–H groups in total. The van der Waals surface area contributed by atoms with Crippen molar-refractivity contribution < 1.29 is 13.5 Å². The van der Waals surface area contributed by atoms with E-state index < -0.39 is 5.82 Å². The largest absolute Gasteiger partial charge is 0.494 e. The number of methoxy groups -OCH3 is 1. The molecule has 21 heavy (non-hydrogen) atoms. The molecule has 5 heteroatoms. The van der Waals surface area contributed by atoms with Crippen LogP contribution in [0, 0.1) is 11.6 Å². The summed E-state index contributed by atoms with van der Waals surface area (Å²) >= 11 is 3.35. The molecule has 1 unspecified atom stereocenters. The van der Waals surface area contributed by atoms with Gasteiger partial charge in [0.2, 0.25) is 0 Å². The van der Waals surface area contributed by atoms with Gasteiger partial charge in [-0.05, 0) is 48.9 Å². The molecule has 0 saturated heterocycles. The second kappa shape index (κ2) is 7.00. The molecular weight excluding hydrogens is 340 g/mol. The molecule has 0 saturated carbocycles. The van der Waals surface area contributed by atoms with Crippen molar-refractivity contribution >= 4 is 15.9 Å². The van der Waals surface area contributed by atoms with Crippen molar-refractivity contribution in [1.82, 2.24) is 5.32 Å². The highest BCUT2D eigenvalue weighted by Gasteiger charge is 2.14. The van der Waals surface area contributed by atoms with E-state index in [9.17, 15) is 8.78 Å². The lowest BCUT2D eigenvalue weighted by Gasteiger charge is -2.18. The summed E-state index contributed by atoms with van der Waals surface area (Å²) in [6.07, 6.45) is 0.614. The first kappa shape index (κ1) is 15.9. The molecular formula is C16H16BrF2NO. The zero-order valence-corrected chi connectivity index (χ0v) is 13.4. The molecule has 0 bridgehead atoms. The third-order valence-electron chi connectivity index (χ3n) is 3.37. The van der Waals surface area contributed by atoms with Crippen LogP contribution < -0.4 is 10.1 Å². The SMILES string of the molecule is CNC(Cc1ccc(F)cc1Br)c1ccc(OC)c(F)c1. The molecule has 0 aliphatic rings. The van der Waals surface area contributed by atoms with Crippen LogP contribution in [-0.2, 0) is 6.42 Å². The van der Waals surface area contributed by atoms with Gasteiger partial charge in [-0.15, -0.1) is 0 Å². The van der Waals surface area contributed by atoms with Crippen LogP contribution in [0.4, 0.5) is 8.78 Å². The van der Waals surface area contributed by atoms with Crippen molar-refractivity contribution in [3.8, 4) is 5.75 Å². The van der Waals surface area contributed by atoms with E-state index in [0.717, 1.165) is 11.1 Å². The van der Waals surface area contributed by atoms with Gasteiger partial charge in [0.05, 0.1) is 7.11 Å². The lowest BCUT2D eigenvalue weighted by Crippen LogP contribution is -2.19. The second-order valence-electron chi connectivity index (χ2n) is 4.68. The fourth-order valence-corrected chi connectivity index (χ4v) is 2.71. The van der Waals surface area contributed by atoms with E-state index in [0.29, 0.717) is 10.9 Å². The van der Waals surface area contributed by atoms with E-state index >= 15 is 0 Å². The van der Waals surface area contributed by atoms with Crippen LogP contribution in [-0.4, -0.2) is 14.2 Å². The number of likely N-dealkylation sites (N-methyl/N-ethyl adjacent to an activating group) is 1. The highest BCUT2D eigenvalue weighted by molar-refractivity contribution is 9.10. The molecule has 0 spiro atoms. The molecule has 1 atom stereocenters. The molecule has 2 nitrogen and oxygen atoms in total. The molecule has 0 radical (unpaired) electrons. The first-order chi connectivity index (χ1) is 10.0. The van der Waals surface area contributed by atoms with Crippen molar-refractivity contribution in [2.24, 2.45) is 0 Å². The number of halogens is 3. The molecule has 0 amide bonds. The minimum atomic E-state index is -0.395. The topological polar surface area (TPSA) is 21.3 Å². The third-order valence-corrected chi connectivity index (χ3v) is 4.10. The van der Waals surface area contributed by atoms with Gasteiger partial charge in [-0.1, -0.05) is 28.1 Å². The quantitative estimate of drug-likeness (QED) is 0.865. The van der Waals surface area contributed by atoms with Crippen molar-refractivity contribution in [3.63, 3.8) is 0 Å². The minimum Gasteiger partial charge on any atom is -0.494 e. The third kappa shape index (κ3) is 3.80. The van der Waals surface area contributed by atoms with Crippen LogP contribution in [0.5, 0.6) is 5.75 Å². The lowest BCUT2D eigenvalue weighted by molar-refractivity contribution is 0.385. The summed E-state index contributed by atoms with van der Waals surface area (Å²) in [7, 11) is 3.24. The zero-order chi connectivity index (χ0) is 15.4. The van der Waals surface area contributed by atoms with Crippen LogP contribution in [0.25, 0.3) is 0 Å². The van der Waals surface area contributed by atoms with E-state index in [1.54, 1.807) is 12.1 Å². The van der Waals surface area contributed by atoms with Gasteiger partial charge in [-0.25, -0.2) is 8.78 Å². The maximum Gasteiger partial charge on any atom is 0.165 e. The summed E-state index contributed by atoms with van der Waals surface area (Å²) in [5.41, 5.74) is 1.76. The van der Waals surface area contributed by atoms with Gasteiger partial charge in [0, 0.05) is 10.5 Å². The smallest absolute Gasteiger partial charge is 0.165 e. The summed E-state index contributed by atoms with van der Waals surface area (Å²) in [5.74, 6) is -0.466. The molecule has 2 aromatic rings. The van der Waals surface area contributed by atoms with E-state index in [2.05, 4.69) is 21.2 Å². The van der Waals surface area contributed by atoms with Crippen molar-refractivity contribution in [3.05, 3.63) is 63.6 Å². The molecule has 2 rings (SSSR count). The standard InChI is InChI=1S/C16H16BrF2NO/c1-20-15(8-10-3-5-12(18)9-13(10)17)11-4-6-16(21-2)14(19)7-11/h3-7,9,15,20H,8H2,1-2H3. The fourth-order valence-electron chi connectivity index (χ4n) is 2.19. The van der Waals surface area contributed by atoms with Gasteiger partial charge in [0.1, 0.15) is 5.82 Å². The Morgan fingerprint density at radius 1 is 1.19 bits per heavy atom. The lowest BCUT2D eigenvalue weighted by atomic mass is 9.98. The Hall–Kier alpha value is -1.46. The Morgan fingerprint density at radius 2 is 1.95 bits per heavy atom. The van der Waals surface area contributed by atoms with E-state index in [4.69, 9.17) is 4.74 Å². The van der Waals surface area contributed by atoms with E-state index in [-0.39, 0.29) is 17.6 Å². The summed E-state index contributed by atoms with van der Waals surface area (Å²) < 4.78 is 32.5. The number of nitrogens with one attached hydrogen (secondary N) is 1. The maximum atomic E-state index is 13.8. The van der Waals surface area contributed by atoms with Gasteiger partial charge < -0.3 is 10.1 Å². The molecule has 0 heterocycles. The molecule has 112 valence electrons. The van der Waals surface area contributed by atoms with Gasteiger partial charge in [-0.2, -0.15) is 0 Å². The highest BCUT2D eigenvalue weighted by Crippen LogP contribution is 2.27. The number of hydrogen-bond acceptors (Lipinski definition) is 2. The Labute approximate surface area is 131 Å². The Morgan fingerprint density at radius 3 is 2.52 bits per heavy atom. The van der Waals surface area contributed by atoms with Crippen molar-refractivity contribution in [2.75, 3.05) is 14.2 Å². The first-order valence-corrected chi connectivity index (χ1v) is 7.29. The Balaban J connectivity index is 2.25. The zero-order valence-electron chi connectivity index (χ0n) is 11.8.